The molecule has 0 fully saturated rings. The number of halogens is 7. The van der Waals surface area contributed by atoms with Gasteiger partial charge in [0.25, 0.3) is 0 Å². The second-order valence-electron chi connectivity index (χ2n) is 5.89. The first-order valence-corrected chi connectivity index (χ1v) is 8.11. The van der Waals surface area contributed by atoms with Gasteiger partial charge in [-0.25, -0.2) is 19.8 Å². The minimum absolute atomic E-state index is 0.0254. The molecular weight excluding hydrogens is 421 g/mol. The molecule has 30 heavy (non-hydrogen) atoms. The molecule has 2 aromatic heterocycles. The molecule has 0 amide bonds. The first-order chi connectivity index (χ1) is 14.0. The monoisotopic (exact) mass is 432 g/mol. The molecule has 0 unspecified atom stereocenters. The molecule has 1 N–H and O–H groups in total. The zero-order valence-corrected chi connectivity index (χ0v) is 14.7. The van der Waals surface area contributed by atoms with Crippen molar-refractivity contribution in [3.8, 4) is 11.3 Å². The fourth-order valence-corrected chi connectivity index (χ4v) is 2.29. The van der Waals surface area contributed by atoms with Gasteiger partial charge in [0.05, 0.1) is 11.9 Å². The highest BCUT2D eigenvalue weighted by atomic mass is 19.4. The molecule has 2 heterocycles. The van der Waals surface area contributed by atoms with E-state index < -0.39 is 36.4 Å². The summed E-state index contributed by atoms with van der Waals surface area (Å²) in [6.45, 7) is -1.30. The molecule has 3 aromatic rings. The molecule has 13 heteroatoms. The van der Waals surface area contributed by atoms with Crippen LogP contribution in [0.4, 0.5) is 36.7 Å². The summed E-state index contributed by atoms with van der Waals surface area (Å²) in [5.41, 5.74) is 1.03. The minimum Gasteiger partial charge on any atom is -0.263 e. The van der Waals surface area contributed by atoms with Crippen LogP contribution in [0, 0.1) is 5.82 Å². The Kier molecular flexibility index (Phi) is 5.71. The summed E-state index contributed by atoms with van der Waals surface area (Å²) < 4.78 is 90.1. The van der Waals surface area contributed by atoms with Gasteiger partial charge in [0.1, 0.15) is 18.1 Å². The number of hydrogen-bond donors (Lipinski definition) is 1. The maximum absolute atomic E-state index is 13.1. The Morgan fingerprint density at radius 2 is 1.70 bits per heavy atom. The fraction of sp³-hybridized carbons (Fsp3) is 0.176. The summed E-state index contributed by atoms with van der Waals surface area (Å²) in [4.78, 5) is 7.22. The van der Waals surface area contributed by atoms with Crippen molar-refractivity contribution in [3.05, 3.63) is 59.8 Å². The number of aromatic nitrogens is 4. The summed E-state index contributed by atoms with van der Waals surface area (Å²) in [6.07, 6.45) is -7.17. The molecule has 3 rings (SSSR count). The molecule has 158 valence electrons. The standard InChI is InChI=1S/C17H11F7N6/c18-11-3-1-10(2-4-11)13-7-14(17(22,23)24)27-15(26-13)28-25-8-12-5-6-30(29-12)9-16(19,20)21/h1-8H,9H2,(H,26,27,28)/b25-8-. The van der Waals surface area contributed by atoms with E-state index in [0.29, 0.717) is 10.7 Å². The molecule has 0 radical (unpaired) electrons. The van der Waals surface area contributed by atoms with Crippen LogP contribution in [0.5, 0.6) is 0 Å². The molecule has 0 atom stereocenters. The van der Waals surface area contributed by atoms with Crippen molar-refractivity contribution in [2.24, 2.45) is 5.10 Å². The first-order valence-electron chi connectivity index (χ1n) is 8.11. The van der Waals surface area contributed by atoms with Crippen LogP contribution in [0.3, 0.4) is 0 Å². The average Bonchev–Trinajstić information content (AvgIpc) is 3.06. The molecule has 0 aliphatic heterocycles. The van der Waals surface area contributed by atoms with Gasteiger partial charge in [0.2, 0.25) is 5.95 Å². The smallest absolute Gasteiger partial charge is 0.263 e. The Morgan fingerprint density at radius 3 is 2.33 bits per heavy atom. The van der Waals surface area contributed by atoms with Crippen molar-refractivity contribution in [3.63, 3.8) is 0 Å². The minimum atomic E-state index is -4.78. The summed E-state index contributed by atoms with van der Waals surface area (Å²) in [6, 6.07) is 6.55. The Morgan fingerprint density at radius 1 is 1.00 bits per heavy atom. The maximum atomic E-state index is 13.1. The predicted molar refractivity (Wildman–Crippen MR) is 91.9 cm³/mol. The second kappa shape index (κ2) is 8.08. The second-order valence-corrected chi connectivity index (χ2v) is 5.89. The third kappa shape index (κ3) is 5.75. The third-order valence-corrected chi connectivity index (χ3v) is 3.52. The lowest BCUT2D eigenvalue weighted by Crippen LogP contribution is -2.18. The van der Waals surface area contributed by atoms with Crippen molar-refractivity contribution < 1.29 is 30.7 Å². The maximum Gasteiger partial charge on any atom is 0.433 e. The van der Waals surface area contributed by atoms with E-state index in [4.69, 9.17) is 0 Å². The van der Waals surface area contributed by atoms with Gasteiger partial charge in [0.15, 0.2) is 5.69 Å². The highest BCUT2D eigenvalue weighted by Gasteiger charge is 2.34. The molecule has 6 nitrogen and oxygen atoms in total. The summed E-state index contributed by atoms with van der Waals surface area (Å²) >= 11 is 0. The molecule has 0 aliphatic carbocycles. The highest BCUT2D eigenvalue weighted by molar-refractivity contribution is 5.77. The SMILES string of the molecule is Fc1ccc(-c2cc(C(F)(F)F)nc(N/N=C\c3ccn(CC(F)(F)F)n3)n2)cc1. The van der Waals surface area contributed by atoms with E-state index >= 15 is 0 Å². The van der Waals surface area contributed by atoms with Crippen LogP contribution in [0.15, 0.2) is 47.7 Å². The van der Waals surface area contributed by atoms with Gasteiger partial charge in [-0.1, -0.05) is 0 Å². The largest absolute Gasteiger partial charge is 0.433 e. The number of nitrogens with one attached hydrogen (secondary N) is 1. The van der Waals surface area contributed by atoms with Crippen LogP contribution in [0.1, 0.15) is 11.4 Å². The third-order valence-electron chi connectivity index (χ3n) is 3.52. The fourth-order valence-electron chi connectivity index (χ4n) is 2.29. The van der Waals surface area contributed by atoms with E-state index in [1.807, 2.05) is 0 Å². The topological polar surface area (TPSA) is 68.0 Å². The van der Waals surface area contributed by atoms with E-state index in [2.05, 4.69) is 25.6 Å². The Labute approximate surface area is 164 Å². The van der Waals surface area contributed by atoms with Gasteiger partial charge in [-0.3, -0.25) is 4.68 Å². The van der Waals surface area contributed by atoms with Crippen molar-refractivity contribution in [2.75, 3.05) is 5.43 Å². The molecule has 1 aromatic carbocycles. The van der Waals surface area contributed by atoms with E-state index in [1.165, 1.54) is 18.2 Å². The van der Waals surface area contributed by atoms with Crippen LogP contribution in [-0.2, 0) is 12.7 Å². The summed E-state index contributed by atoms with van der Waals surface area (Å²) in [5, 5.41) is 7.22. The van der Waals surface area contributed by atoms with Crippen LogP contribution < -0.4 is 5.43 Å². The van der Waals surface area contributed by atoms with Gasteiger partial charge in [-0.05, 0) is 36.4 Å². The van der Waals surface area contributed by atoms with Gasteiger partial charge in [0, 0.05) is 11.8 Å². The van der Waals surface area contributed by atoms with Crippen LogP contribution in [-0.4, -0.2) is 32.1 Å². The lowest BCUT2D eigenvalue weighted by Gasteiger charge is -2.10. The van der Waals surface area contributed by atoms with E-state index in [0.717, 1.165) is 24.5 Å². The molecular formula is C17H11F7N6. The number of rotatable bonds is 5. The average molecular weight is 432 g/mol. The number of anilines is 1. The lowest BCUT2D eigenvalue weighted by molar-refractivity contribution is -0.143. The quantitative estimate of drug-likeness (QED) is 0.366. The highest BCUT2D eigenvalue weighted by Crippen LogP contribution is 2.31. The summed E-state index contributed by atoms with van der Waals surface area (Å²) in [7, 11) is 0. The number of benzene rings is 1. The van der Waals surface area contributed by atoms with Crippen LogP contribution >= 0.6 is 0 Å². The van der Waals surface area contributed by atoms with Crippen molar-refractivity contribution in [1.29, 1.82) is 0 Å². The number of nitrogens with zero attached hydrogens (tertiary/aromatic N) is 5. The van der Waals surface area contributed by atoms with Crippen LogP contribution in [0.2, 0.25) is 0 Å². The Hall–Kier alpha value is -3.51. The van der Waals surface area contributed by atoms with Crippen molar-refractivity contribution in [2.45, 2.75) is 18.9 Å². The van der Waals surface area contributed by atoms with Crippen molar-refractivity contribution in [1.82, 2.24) is 19.7 Å². The predicted octanol–water partition coefficient (Wildman–Crippen LogP) is 4.51. The molecule has 0 bridgehead atoms. The zero-order chi connectivity index (χ0) is 21.9. The lowest BCUT2D eigenvalue weighted by atomic mass is 10.1. The van der Waals surface area contributed by atoms with E-state index in [-0.39, 0.29) is 17.0 Å². The van der Waals surface area contributed by atoms with Gasteiger partial charge < -0.3 is 0 Å². The Balaban J connectivity index is 1.82. The van der Waals surface area contributed by atoms with Crippen LogP contribution in [0.25, 0.3) is 11.3 Å². The molecule has 0 aliphatic rings. The number of hydrogen-bond acceptors (Lipinski definition) is 5. The van der Waals surface area contributed by atoms with Gasteiger partial charge in [-0.2, -0.15) is 36.5 Å². The Bertz CT molecular complexity index is 1040. The molecule has 0 saturated carbocycles. The van der Waals surface area contributed by atoms with E-state index in [9.17, 15) is 30.7 Å². The van der Waals surface area contributed by atoms with Gasteiger partial charge in [-0.15, -0.1) is 0 Å². The van der Waals surface area contributed by atoms with E-state index in [1.54, 1.807) is 0 Å². The number of hydrazone groups is 1. The molecule has 0 spiro atoms. The van der Waals surface area contributed by atoms with Crippen molar-refractivity contribution >= 4 is 12.2 Å². The number of alkyl halides is 6. The first kappa shape index (κ1) is 21.2. The molecule has 0 saturated heterocycles. The normalized spacial score (nSPS) is 12.5. The van der Waals surface area contributed by atoms with Gasteiger partial charge >= 0.3 is 12.4 Å². The summed E-state index contributed by atoms with van der Waals surface area (Å²) in [5.74, 6) is -1.09. The zero-order valence-electron chi connectivity index (χ0n) is 14.7.